The molecule has 1 aliphatic rings. The molecule has 0 unspecified atom stereocenters. The van der Waals surface area contributed by atoms with Crippen LogP contribution < -0.4 is 0 Å². The van der Waals surface area contributed by atoms with E-state index < -0.39 is 0 Å². The van der Waals surface area contributed by atoms with Crippen molar-refractivity contribution in [1.82, 2.24) is 0 Å². The van der Waals surface area contributed by atoms with Crippen molar-refractivity contribution in [3.05, 3.63) is 0 Å². The molecule has 0 aromatic heterocycles. The van der Waals surface area contributed by atoms with Crippen molar-refractivity contribution in [1.29, 1.82) is 0 Å². The average Bonchev–Trinajstić information content (AvgIpc) is 2.20. The summed E-state index contributed by atoms with van der Waals surface area (Å²) in [6, 6.07) is 0. The molecular formula is C13H29ClO. The molecule has 1 fully saturated rings. The Balaban J connectivity index is 0. The van der Waals surface area contributed by atoms with Gasteiger partial charge in [0.05, 0.1) is 0 Å². The van der Waals surface area contributed by atoms with E-state index in [0.717, 1.165) is 18.8 Å². The highest BCUT2D eigenvalue weighted by molar-refractivity contribution is 6.20. The Morgan fingerprint density at radius 1 is 1.13 bits per heavy atom. The number of aliphatic hydroxyl groups is 1. The van der Waals surface area contributed by atoms with Crippen molar-refractivity contribution in [2.45, 2.75) is 71.6 Å². The molecule has 1 nitrogen and oxygen atoms in total. The summed E-state index contributed by atoms with van der Waals surface area (Å²) >= 11 is 5.88. The van der Waals surface area contributed by atoms with Gasteiger partial charge in [0.2, 0.25) is 0 Å². The summed E-state index contributed by atoms with van der Waals surface area (Å²) in [5, 5.41) is 8.69. The second-order valence-electron chi connectivity index (χ2n) is 4.29. The standard InChI is InChI=1S/C7H13Cl.C5H12O.CH4/c1-6-2-4-7(8)5-3-6;1-2-3-4-5-6;/h6-7H,2-5H2,1H3;6H,2-5H2,1H3;1H4. The van der Waals surface area contributed by atoms with Crippen LogP contribution in [0.3, 0.4) is 0 Å². The van der Waals surface area contributed by atoms with Crippen molar-refractivity contribution >= 4 is 11.6 Å². The van der Waals surface area contributed by atoms with Crippen LogP contribution in [-0.2, 0) is 0 Å². The molecule has 15 heavy (non-hydrogen) atoms. The van der Waals surface area contributed by atoms with Gasteiger partial charge < -0.3 is 5.11 Å². The molecule has 1 saturated carbocycles. The Labute approximate surface area is 101 Å². The van der Waals surface area contributed by atoms with E-state index in [1.54, 1.807) is 0 Å². The quantitative estimate of drug-likeness (QED) is 0.561. The lowest BCUT2D eigenvalue weighted by molar-refractivity contribution is 0.284. The second-order valence-corrected chi connectivity index (χ2v) is 4.91. The maximum atomic E-state index is 8.20. The number of hydrogen-bond donors (Lipinski definition) is 1. The molecule has 2 heteroatoms. The number of rotatable bonds is 3. The van der Waals surface area contributed by atoms with Crippen molar-refractivity contribution in [3.63, 3.8) is 0 Å². The summed E-state index contributed by atoms with van der Waals surface area (Å²) in [4.78, 5) is 0. The molecule has 0 saturated heterocycles. The van der Waals surface area contributed by atoms with E-state index in [2.05, 4.69) is 13.8 Å². The SMILES string of the molecule is C.CC1CCC(Cl)CC1.CCCCCO. The van der Waals surface area contributed by atoms with Crippen LogP contribution >= 0.6 is 11.6 Å². The van der Waals surface area contributed by atoms with Gasteiger partial charge in [0.15, 0.2) is 0 Å². The topological polar surface area (TPSA) is 20.2 Å². The number of aliphatic hydroxyl groups excluding tert-OH is 1. The maximum absolute atomic E-state index is 8.20. The fourth-order valence-corrected chi connectivity index (χ4v) is 1.83. The van der Waals surface area contributed by atoms with E-state index in [9.17, 15) is 0 Å². The first kappa shape index (κ1) is 17.6. The van der Waals surface area contributed by atoms with Gasteiger partial charge in [-0.2, -0.15) is 0 Å². The third-order valence-electron chi connectivity index (χ3n) is 2.71. The summed E-state index contributed by atoms with van der Waals surface area (Å²) < 4.78 is 0. The molecular weight excluding hydrogens is 208 g/mol. The molecule has 0 spiro atoms. The van der Waals surface area contributed by atoms with E-state index in [4.69, 9.17) is 16.7 Å². The second kappa shape index (κ2) is 12.3. The smallest absolute Gasteiger partial charge is 0.0431 e. The summed E-state index contributed by atoms with van der Waals surface area (Å²) in [5.74, 6) is 0.935. The normalized spacial score (nSPS) is 24.8. The third kappa shape index (κ3) is 12.2. The minimum Gasteiger partial charge on any atom is -0.396 e. The highest BCUT2D eigenvalue weighted by Gasteiger charge is 2.14. The number of halogens is 1. The van der Waals surface area contributed by atoms with Gasteiger partial charge in [-0.25, -0.2) is 0 Å². The summed E-state index contributed by atoms with van der Waals surface area (Å²) in [6.45, 7) is 4.78. The van der Waals surface area contributed by atoms with Crippen LogP contribution in [0.5, 0.6) is 0 Å². The van der Waals surface area contributed by atoms with Gasteiger partial charge in [0, 0.05) is 12.0 Å². The predicted molar refractivity (Wildman–Crippen MR) is 70.6 cm³/mol. The Bertz CT molecular complexity index is 95.1. The average molecular weight is 237 g/mol. The van der Waals surface area contributed by atoms with E-state index in [1.807, 2.05) is 0 Å². The minimum absolute atomic E-state index is 0. The first-order valence-corrected chi connectivity index (χ1v) is 6.39. The van der Waals surface area contributed by atoms with Gasteiger partial charge in [0.1, 0.15) is 0 Å². The molecule has 0 bridgehead atoms. The Morgan fingerprint density at radius 2 is 1.67 bits per heavy atom. The third-order valence-corrected chi connectivity index (χ3v) is 3.14. The monoisotopic (exact) mass is 236 g/mol. The zero-order valence-corrected chi connectivity index (χ0v) is 10.4. The highest BCUT2D eigenvalue weighted by Crippen LogP contribution is 2.26. The van der Waals surface area contributed by atoms with Gasteiger partial charge in [-0.3, -0.25) is 0 Å². The Hall–Kier alpha value is 0.250. The first-order valence-electron chi connectivity index (χ1n) is 5.95. The maximum Gasteiger partial charge on any atom is 0.0431 e. The lowest BCUT2D eigenvalue weighted by atomic mass is 9.91. The highest BCUT2D eigenvalue weighted by atomic mass is 35.5. The zero-order valence-electron chi connectivity index (χ0n) is 9.64. The van der Waals surface area contributed by atoms with E-state index in [0.29, 0.717) is 12.0 Å². The van der Waals surface area contributed by atoms with E-state index >= 15 is 0 Å². The lowest BCUT2D eigenvalue weighted by Gasteiger charge is -2.20. The van der Waals surface area contributed by atoms with Gasteiger partial charge in [-0.15, -0.1) is 11.6 Å². The predicted octanol–water partition coefficient (Wildman–Crippen LogP) is 4.61. The summed E-state index contributed by atoms with van der Waals surface area (Å²) in [6.07, 6.45) is 8.49. The number of unbranched alkanes of at least 4 members (excludes halogenated alkanes) is 2. The number of hydrogen-bond acceptors (Lipinski definition) is 1. The number of alkyl halides is 1. The molecule has 0 radical (unpaired) electrons. The van der Waals surface area contributed by atoms with Gasteiger partial charge in [0.25, 0.3) is 0 Å². The largest absolute Gasteiger partial charge is 0.396 e. The van der Waals surface area contributed by atoms with E-state index in [-0.39, 0.29) is 7.43 Å². The van der Waals surface area contributed by atoms with E-state index in [1.165, 1.54) is 32.1 Å². The molecule has 94 valence electrons. The fraction of sp³-hybridized carbons (Fsp3) is 1.00. The zero-order chi connectivity index (χ0) is 10.8. The minimum atomic E-state index is 0. The van der Waals surface area contributed by atoms with Gasteiger partial charge in [-0.1, -0.05) is 34.1 Å². The van der Waals surface area contributed by atoms with Crippen LogP contribution in [0, 0.1) is 5.92 Å². The molecule has 0 aromatic rings. The van der Waals surface area contributed by atoms with Crippen LogP contribution in [0.1, 0.15) is 66.2 Å². The Morgan fingerprint density at radius 3 is 1.93 bits per heavy atom. The van der Waals surface area contributed by atoms with Gasteiger partial charge in [-0.05, 0) is 38.0 Å². The lowest BCUT2D eigenvalue weighted by Crippen LogP contribution is -2.11. The van der Waals surface area contributed by atoms with Crippen LogP contribution in [0.4, 0.5) is 0 Å². The molecule has 1 aliphatic carbocycles. The molecule has 0 atom stereocenters. The van der Waals surface area contributed by atoms with Gasteiger partial charge >= 0.3 is 0 Å². The molecule has 1 rings (SSSR count). The molecule has 1 N–H and O–H groups in total. The van der Waals surface area contributed by atoms with Crippen molar-refractivity contribution in [2.75, 3.05) is 6.61 Å². The molecule has 0 aliphatic heterocycles. The van der Waals surface area contributed by atoms with Crippen molar-refractivity contribution in [2.24, 2.45) is 5.92 Å². The first-order chi connectivity index (χ1) is 6.70. The van der Waals surface area contributed by atoms with Crippen molar-refractivity contribution < 1.29 is 5.11 Å². The molecule has 0 amide bonds. The molecule has 0 aromatic carbocycles. The summed E-state index contributed by atoms with van der Waals surface area (Å²) in [5.41, 5.74) is 0. The molecule has 0 heterocycles. The summed E-state index contributed by atoms with van der Waals surface area (Å²) in [7, 11) is 0. The fourth-order valence-electron chi connectivity index (χ4n) is 1.58. The van der Waals surface area contributed by atoms with Crippen molar-refractivity contribution in [3.8, 4) is 0 Å². The van der Waals surface area contributed by atoms with Crippen LogP contribution in [0.25, 0.3) is 0 Å². The van der Waals surface area contributed by atoms with Crippen LogP contribution in [-0.4, -0.2) is 17.1 Å². The van der Waals surface area contributed by atoms with Crippen LogP contribution in [0.15, 0.2) is 0 Å². The Kier molecular flexibility index (Phi) is 14.5. The van der Waals surface area contributed by atoms with Crippen LogP contribution in [0.2, 0.25) is 0 Å².